The lowest BCUT2D eigenvalue weighted by Crippen LogP contribution is -2.43. The van der Waals surface area contributed by atoms with E-state index in [1.165, 1.54) is 0 Å². The monoisotopic (exact) mass is 285 g/mol. The molecule has 0 aromatic heterocycles. The molecule has 0 fully saturated rings. The van der Waals surface area contributed by atoms with E-state index in [-0.39, 0.29) is 11.5 Å². The Morgan fingerprint density at radius 3 is 2.15 bits per heavy atom. The van der Waals surface area contributed by atoms with Gasteiger partial charge in [0.25, 0.3) is 0 Å². The molecule has 0 heterocycles. The smallest absolute Gasteiger partial charge is 0.129 e. The zero-order valence-electron chi connectivity index (χ0n) is 13.8. The van der Waals surface area contributed by atoms with Crippen LogP contribution in [0.5, 0.6) is 0 Å². The van der Waals surface area contributed by atoms with Gasteiger partial charge in [-0.2, -0.15) is 0 Å². The lowest BCUT2D eigenvalue weighted by Gasteiger charge is -2.37. The quantitative estimate of drug-likeness (QED) is 0.565. The van der Waals surface area contributed by atoms with Gasteiger partial charge in [-0.15, -0.1) is 0 Å². The van der Waals surface area contributed by atoms with Crippen LogP contribution < -0.4 is 0 Å². The summed E-state index contributed by atoms with van der Waals surface area (Å²) in [6.45, 7) is 17.2. The van der Waals surface area contributed by atoms with Gasteiger partial charge < -0.3 is 0 Å². The second-order valence-electron chi connectivity index (χ2n) is 6.12. The average molecular weight is 285 g/mol. The average Bonchev–Trinajstić information content (AvgIpc) is 2.29. The molecule has 0 spiro atoms. The minimum absolute atomic E-state index is 0.00437. The Hall–Kier alpha value is -0.960. The molecule has 1 unspecified atom stereocenters. The van der Waals surface area contributed by atoms with Crippen molar-refractivity contribution in [2.75, 3.05) is 13.1 Å². The summed E-state index contributed by atoms with van der Waals surface area (Å²) in [5.41, 5.74) is 0.596. The van der Waals surface area contributed by atoms with Gasteiger partial charge in [-0.05, 0) is 45.2 Å². The maximum Gasteiger partial charge on any atom is 0.129 e. The molecule has 1 atom stereocenters. The van der Waals surface area contributed by atoms with Gasteiger partial charge in [-0.1, -0.05) is 33.4 Å². The maximum absolute atomic E-state index is 14.1. The van der Waals surface area contributed by atoms with Crippen molar-refractivity contribution in [3.05, 3.63) is 36.0 Å². The molecule has 1 nitrogen and oxygen atoms in total. The van der Waals surface area contributed by atoms with Crippen molar-refractivity contribution in [2.24, 2.45) is 5.92 Å². The van der Waals surface area contributed by atoms with E-state index in [9.17, 15) is 8.78 Å². The van der Waals surface area contributed by atoms with Crippen LogP contribution in [0.4, 0.5) is 8.78 Å². The molecule has 0 rings (SSSR count). The van der Waals surface area contributed by atoms with Gasteiger partial charge in [0.05, 0.1) is 0 Å². The molecule has 0 bridgehead atoms. The van der Waals surface area contributed by atoms with Crippen LogP contribution in [0.25, 0.3) is 0 Å². The molecule has 0 aromatic carbocycles. The van der Waals surface area contributed by atoms with E-state index in [0.717, 1.165) is 25.6 Å². The molecule has 0 aliphatic carbocycles. The van der Waals surface area contributed by atoms with Gasteiger partial charge in [0.1, 0.15) is 11.7 Å². The Bertz CT molecular complexity index is 375. The summed E-state index contributed by atoms with van der Waals surface area (Å²) in [5, 5.41) is 0. The van der Waals surface area contributed by atoms with Gasteiger partial charge in [-0.25, -0.2) is 8.78 Å². The van der Waals surface area contributed by atoms with Gasteiger partial charge in [0, 0.05) is 18.2 Å². The normalized spacial score (nSPS) is 15.7. The van der Waals surface area contributed by atoms with Crippen LogP contribution in [0.15, 0.2) is 36.0 Å². The fraction of sp³-hybridized carbons (Fsp3) is 0.647. The van der Waals surface area contributed by atoms with E-state index in [1.54, 1.807) is 0 Å². The number of halogens is 2. The van der Waals surface area contributed by atoms with E-state index in [0.29, 0.717) is 5.57 Å². The van der Waals surface area contributed by atoms with Gasteiger partial charge >= 0.3 is 0 Å². The fourth-order valence-electron chi connectivity index (χ4n) is 2.28. The summed E-state index contributed by atoms with van der Waals surface area (Å²) in [4.78, 5) is 2.29. The predicted octanol–water partition coefficient (Wildman–Crippen LogP) is 5.42. The van der Waals surface area contributed by atoms with E-state index in [2.05, 4.69) is 39.2 Å². The zero-order chi connectivity index (χ0) is 15.9. The van der Waals surface area contributed by atoms with Crippen LogP contribution in [-0.2, 0) is 0 Å². The second kappa shape index (κ2) is 8.35. The summed E-state index contributed by atoms with van der Waals surface area (Å²) in [6.07, 6.45) is 3.42. The van der Waals surface area contributed by atoms with E-state index < -0.39 is 11.7 Å². The zero-order valence-corrected chi connectivity index (χ0v) is 13.8. The summed E-state index contributed by atoms with van der Waals surface area (Å²) in [5.74, 6) is -1.26. The van der Waals surface area contributed by atoms with Gasteiger partial charge in [0.15, 0.2) is 0 Å². The molecule has 0 saturated heterocycles. The Balaban J connectivity index is 5.14. The minimum Gasteiger partial charge on any atom is -0.298 e. The Morgan fingerprint density at radius 2 is 1.80 bits per heavy atom. The highest BCUT2D eigenvalue weighted by atomic mass is 19.1. The van der Waals surface area contributed by atoms with Crippen LogP contribution in [-0.4, -0.2) is 23.5 Å². The number of rotatable bonds is 7. The molecule has 0 aliphatic heterocycles. The first-order chi connectivity index (χ1) is 9.13. The van der Waals surface area contributed by atoms with Crippen molar-refractivity contribution in [1.82, 2.24) is 4.90 Å². The molecule has 116 valence electrons. The lowest BCUT2D eigenvalue weighted by atomic mass is 9.95. The molecule has 3 heteroatoms. The molecule has 0 saturated carbocycles. The molecular weight excluding hydrogens is 256 g/mol. The molecule has 0 radical (unpaired) electrons. The first-order valence-electron chi connectivity index (χ1n) is 7.30. The third-order valence-electron chi connectivity index (χ3n) is 3.34. The van der Waals surface area contributed by atoms with Crippen molar-refractivity contribution in [2.45, 2.75) is 53.5 Å². The number of hydrogen-bond acceptors (Lipinski definition) is 1. The number of hydrogen-bond donors (Lipinski definition) is 0. The summed E-state index contributed by atoms with van der Waals surface area (Å²) in [6, 6.07) is 0. The van der Waals surface area contributed by atoms with Crippen LogP contribution in [0, 0.1) is 5.92 Å². The van der Waals surface area contributed by atoms with E-state index in [4.69, 9.17) is 0 Å². The number of nitrogens with zero attached hydrogens (tertiary/aromatic N) is 1. The number of allylic oxidation sites excluding steroid dienone is 4. The predicted molar refractivity (Wildman–Crippen MR) is 84.0 cm³/mol. The highest BCUT2D eigenvalue weighted by Crippen LogP contribution is 2.26. The first kappa shape index (κ1) is 19.0. The standard InChI is InChI=1S/C17H29F2N/c1-8-10-15(16(19)11-14(4)18)13(3)12-20(9-2)17(5,6)7/h10-11,13H,4,8-9,12H2,1-3,5-7H3/b15-10-,16-11+. The third kappa shape index (κ3) is 6.47. The van der Waals surface area contributed by atoms with E-state index >= 15 is 0 Å². The molecule has 0 amide bonds. The topological polar surface area (TPSA) is 3.24 Å². The maximum atomic E-state index is 14.1. The fourth-order valence-corrected chi connectivity index (χ4v) is 2.28. The molecule has 0 aliphatic rings. The highest BCUT2D eigenvalue weighted by molar-refractivity contribution is 5.31. The summed E-state index contributed by atoms with van der Waals surface area (Å²) < 4.78 is 26.9. The SMILES string of the molecule is C=C(F)/C=C(F)\C(=C/CC)C(C)CN(CC)C(C)(C)C. The third-order valence-corrected chi connectivity index (χ3v) is 3.34. The van der Waals surface area contributed by atoms with Crippen LogP contribution in [0.3, 0.4) is 0 Å². The van der Waals surface area contributed by atoms with Crippen molar-refractivity contribution in [1.29, 1.82) is 0 Å². The molecule has 20 heavy (non-hydrogen) atoms. The Kier molecular flexibility index (Phi) is 7.95. The Labute approximate surface area is 123 Å². The Morgan fingerprint density at radius 1 is 1.25 bits per heavy atom. The minimum atomic E-state index is -0.750. The summed E-state index contributed by atoms with van der Waals surface area (Å²) in [7, 11) is 0. The van der Waals surface area contributed by atoms with Crippen LogP contribution in [0.1, 0.15) is 48.0 Å². The molecule has 0 N–H and O–H groups in total. The van der Waals surface area contributed by atoms with Crippen molar-refractivity contribution in [3.63, 3.8) is 0 Å². The first-order valence-corrected chi connectivity index (χ1v) is 7.30. The van der Waals surface area contributed by atoms with Gasteiger partial charge in [0.2, 0.25) is 0 Å². The molecular formula is C17H29F2N. The van der Waals surface area contributed by atoms with Crippen molar-refractivity contribution < 1.29 is 8.78 Å². The van der Waals surface area contributed by atoms with Crippen LogP contribution >= 0.6 is 0 Å². The van der Waals surface area contributed by atoms with E-state index in [1.807, 2.05) is 19.9 Å². The van der Waals surface area contributed by atoms with Crippen molar-refractivity contribution >= 4 is 0 Å². The van der Waals surface area contributed by atoms with Crippen molar-refractivity contribution in [3.8, 4) is 0 Å². The second-order valence-corrected chi connectivity index (χ2v) is 6.12. The van der Waals surface area contributed by atoms with Crippen LogP contribution in [0.2, 0.25) is 0 Å². The molecule has 0 aromatic rings. The largest absolute Gasteiger partial charge is 0.298 e. The summed E-state index contributed by atoms with van der Waals surface area (Å²) >= 11 is 0. The van der Waals surface area contributed by atoms with Gasteiger partial charge in [-0.3, -0.25) is 4.90 Å². The lowest BCUT2D eigenvalue weighted by molar-refractivity contribution is 0.130. The highest BCUT2D eigenvalue weighted by Gasteiger charge is 2.24.